The van der Waals surface area contributed by atoms with Gasteiger partial charge in [0.1, 0.15) is 5.65 Å². The van der Waals surface area contributed by atoms with Gasteiger partial charge in [0, 0.05) is 41.6 Å². The summed E-state index contributed by atoms with van der Waals surface area (Å²) in [6.45, 7) is 0.196. The number of hydrogen-bond acceptors (Lipinski definition) is 4. The Kier molecular flexibility index (Phi) is 4.73. The van der Waals surface area contributed by atoms with Crippen LogP contribution in [-0.4, -0.2) is 31.6 Å². The van der Waals surface area contributed by atoms with Crippen molar-refractivity contribution in [3.63, 3.8) is 0 Å². The summed E-state index contributed by atoms with van der Waals surface area (Å²) in [5.74, 6) is -0.362. The van der Waals surface area contributed by atoms with Crippen LogP contribution >= 0.6 is 11.3 Å². The molecule has 0 fully saturated rings. The second kappa shape index (κ2) is 7.49. The van der Waals surface area contributed by atoms with Gasteiger partial charge in [-0.25, -0.2) is 9.78 Å². The number of aromatic nitrogens is 3. The molecule has 3 N–H and O–H groups in total. The van der Waals surface area contributed by atoms with E-state index in [0.717, 1.165) is 16.6 Å². The van der Waals surface area contributed by atoms with E-state index in [9.17, 15) is 9.59 Å². The van der Waals surface area contributed by atoms with Crippen molar-refractivity contribution in [3.8, 4) is 5.69 Å². The van der Waals surface area contributed by atoms with E-state index in [-0.39, 0.29) is 12.5 Å². The second-order valence-electron chi connectivity index (χ2n) is 5.90. The fourth-order valence-electron chi connectivity index (χ4n) is 2.82. The van der Waals surface area contributed by atoms with Gasteiger partial charge in [-0.2, -0.15) is 4.99 Å². The molecule has 0 saturated carbocycles. The highest BCUT2D eigenvalue weighted by Crippen LogP contribution is 2.16. The van der Waals surface area contributed by atoms with Gasteiger partial charge < -0.3 is 15.4 Å². The molecule has 28 heavy (non-hydrogen) atoms. The van der Waals surface area contributed by atoms with Crippen LogP contribution in [0.1, 0.15) is 15.9 Å². The molecule has 0 unspecified atom stereocenters. The van der Waals surface area contributed by atoms with Gasteiger partial charge in [-0.05, 0) is 29.8 Å². The Labute approximate surface area is 162 Å². The molecular formula is C19H15N5O3S. The number of nitrogens with one attached hydrogen (secondary N) is 2. The minimum absolute atomic E-state index is 0.196. The molecule has 3 heterocycles. The van der Waals surface area contributed by atoms with Gasteiger partial charge in [0.2, 0.25) is 0 Å². The molecule has 0 atom stereocenters. The molecule has 3 aromatic heterocycles. The third-order valence-corrected chi connectivity index (χ3v) is 4.86. The highest BCUT2D eigenvalue weighted by atomic mass is 32.1. The standard InChI is InChI=1S/C19H15N5O3S/c25-17(15-11-21-16-14(15)5-2-6-20-16)23-18-24(7-8-28-18)13-4-1-3-12(9-13)10-22-19(26)27/h1-9,11,22H,10H2,(H,20,21)(H,26,27)/b23-18+. The minimum Gasteiger partial charge on any atom is -0.465 e. The number of fused-ring (bicyclic) bond motifs is 1. The van der Waals surface area contributed by atoms with Crippen molar-refractivity contribution in [1.29, 1.82) is 0 Å². The van der Waals surface area contributed by atoms with Crippen molar-refractivity contribution in [1.82, 2.24) is 19.9 Å². The number of carboxylic acid groups (broad SMARTS) is 1. The summed E-state index contributed by atoms with van der Waals surface area (Å²) >= 11 is 1.34. The molecule has 0 aliphatic carbocycles. The largest absolute Gasteiger partial charge is 0.465 e. The van der Waals surface area contributed by atoms with E-state index in [1.807, 2.05) is 41.9 Å². The Morgan fingerprint density at radius 1 is 1.29 bits per heavy atom. The van der Waals surface area contributed by atoms with Crippen molar-refractivity contribution in [3.05, 3.63) is 76.3 Å². The molecule has 0 saturated heterocycles. The van der Waals surface area contributed by atoms with Crippen molar-refractivity contribution >= 4 is 34.4 Å². The van der Waals surface area contributed by atoms with Crippen LogP contribution in [0, 0.1) is 0 Å². The summed E-state index contributed by atoms with van der Waals surface area (Å²) in [6.07, 6.45) is 4.00. The maximum atomic E-state index is 12.7. The molecule has 0 aliphatic rings. The zero-order chi connectivity index (χ0) is 19.5. The maximum absolute atomic E-state index is 12.7. The Hall–Kier alpha value is -3.72. The smallest absolute Gasteiger partial charge is 0.404 e. The Bertz CT molecular complexity index is 1240. The first-order valence-corrected chi connectivity index (χ1v) is 9.23. The van der Waals surface area contributed by atoms with E-state index >= 15 is 0 Å². The molecular weight excluding hydrogens is 378 g/mol. The third kappa shape index (κ3) is 3.55. The quantitative estimate of drug-likeness (QED) is 0.495. The van der Waals surface area contributed by atoms with E-state index in [2.05, 4.69) is 20.3 Å². The van der Waals surface area contributed by atoms with Crippen LogP contribution in [0.15, 0.2) is 65.4 Å². The second-order valence-corrected chi connectivity index (χ2v) is 6.78. The average Bonchev–Trinajstić information content (AvgIpc) is 3.33. The number of H-pyrrole nitrogens is 1. The van der Waals surface area contributed by atoms with Crippen molar-refractivity contribution in [2.45, 2.75) is 6.54 Å². The molecule has 4 aromatic rings. The number of thiazole rings is 1. The normalized spacial score (nSPS) is 11.6. The molecule has 8 nitrogen and oxygen atoms in total. The number of nitrogens with zero attached hydrogens (tertiary/aromatic N) is 3. The summed E-state index contributed by atoms with van der Waals surface area (Å²) < 4.78 is 1.79. The number of hydrogen-bond donors (Lipinski definition) is 3. The maximum Gasteiger partial charge on any atom is 0.404 e. The molecule has 9 heteroatoms. The van der Waals surface area contributed by atoms with E-state index in [1.54, 1.807) is 23.0 Å². The molecule has 4 rings (SSSR count). The van der Waals surface area contributed by atoms with Gasteiger partial charge in [-0.3, -0.25) is 9.36 Å². The van der Waals surface area contributed by atoms with Crippen LogP contribution < -0.4 is 10.1 Å². The van der Waals surface area contributed by atoms with E-state index < -0.39 is 6.09 Å². The summed E-state index contributed by atoms with van der Waals surface area (Å²) in [5, 5.41) is 13.7. The number of carbonyl (C=O) groups is 2. The lowest BCUT2D eigenvalue weighted by molar-refractivity contribution is 0.0999. The lowest BCUT2D eigenvalue weighted by Gasteiger charge is -2.06. The monoisotopic (exact) mass is 393 g/mol. The molecule has 2 amide bonds. The molecule has 0 radical (unpaired) electrons. The SMILES string of the molecule is O=C(O)NCc1cccc(-n2ccs/c2=N/C(=O)c2c[nH]c3ncccc23)c1. The van der Waals surface area contributed by atoms with Crippen LogP contribution in [0.4, 0.5) is 4.79 Å². The first-order valence-electron chi connectivity index (χ1n) is 8.35. The fraction of sp³-hybridized carbons (Fsp3) is 0.0526. The highest BCUT2D eigenvalue weighted by molar-refractivity contribution is 7.07. The van der Waals surface area contributed by atoms with Crippen LogP contribution in [0.2, 0.25) is 0 Å². The van der Waals surface area contributed by atoms with Gasteiger partial charge in [0.25, 0.3) is 5.91 Å². The van der Waals surface area contributed by atoms with Crippen LogP contribution in [0.25, 0.3) is 16.7 Å². The Morgan fingerprint density at radius 3 is 3.04 bits per heavy atom. The number of aromatic amines is 1. The highest BCUT2D eigenvalue weighted by Gasteiger charge is 2.12. The topological polar surface area (TPSA) is 112 Å². The van der Waals surface area contributed by atoms with Gasteiger partial charge in [0.15, 0.2) is 4.80 Å². The van der Waals surface area contributed by atoms with Crippen LogP contribution in [0.5, 0.6) is 0 Å². The number of carbonyl (C=O) groups excluding carboxylic acids is 1. The first-order chi connectivity index (χ1) is 13.6. The summed E-state index contributed by atoms with van der Waals surface area (Å²) in [6, 6.07) is 11.0. The van der Waals surface area contributed by atoms with Crippen LogP contribution in [-0.2, 0) is 6.54 Å². The van der Waals surface area contributed by atoms with Crippen LogP contribution in [0.3, 0.4) is 0 Å². The van der Waals surface area contributed by atoms with Crippen molar-refractivity contribution in [2.75, 3.05) is 0 Å². The molecule has 1 aromatic carbocycles. The number of rotatable bonds is 4. The lowest BCUT2D eigenvalue weighted by Crippen LogP contribution is -2.20. The van der Waals surface area contributed by atoms with Gasteiger partial charge in [-0.1, -0.05) is 12.1 Å². The Morgan fingerprint density at radius 2 is 2.18 bits per heavy atom. The Balaban J connectivity index is 1.68. The number of pyridine rings is 1. The van der Waals surface area contributed by atoms with Crippen molar-refractivity contribution in [2.24, 2.45) is 4.99 Å². The summed E-state index contributed by atoms with van der Waals surface area (Å²) in [7, 11) is 0. The third-order valence-electron chi connectivity index (χ3n) is 4.10. The van der Waals surface area contributed by atoms with Crippen molar-refractivity contribution < 1.29 is 14.7 Å². The molecule has 0 spiro atoms. The zero-order valence-electron chi connectivity index (χ0n) is 14.5. The molecule has 0 aliphatic heterocycles. The first kappa shape index (κ1) is 17.7. The predicted octanol–water partition coefficient (Wildman–Crippen LogP) is 2.92. The van der Waals surface area contributed by atoms with E-state index in [4.69, 9.17) is 5.11 Å². The molecule has 140 valence electrons. The number of benzene rings is 1. The zero-order valence-corrected chi connectivity index (χ0v) is 15.3. The van der Waals surface area contributed by atoms with Gasteiger partial charge >= 0.3 is 6.09 Å². The molecule has 0 bridgehead atoms. The fourth-order valence-corrected chi connectivity index (χ4v) is 3.54. The van der Waals surface area contributed by atoms with E-state index in [0.29, 0.717) is 16.0 Å². The van der Waals surface area contributed by atoms with Gasteiger partial charge in [-0.15, -0.1) is 11.3 Å². The van der Waals surface area contributed by atoms with Gasteiger partial charge in [0.05, 0.1) is 5.56 Å². The number of amides is 2. The van der Waals surface area contributed by atoms with E-state index in [1.165, 1.54) is 11.3 Å². The predicted molar refractivity (Wildman–Crippen MR) is 104 cm³/mol. The average molecular weight is 393 g/mol. The lowest BCUT2D eigenvalue weighted by atomic mass is 10.2. The summed E-state index contributed by atoms with van der Waals surface area (Å²) in [4.78, 5) is 35.4. The minimum atomic E-state index is -1.08. The summed E-state index contributed by atoms with van der Waals surface area (Å²) in [5.41, 5.74) is 2.69.